The maximum atomic E-state index is 5.79. The first-order chi connectivity index (χ1) is 6.25. The summed E-state index contributed by atoms with van der Waals surface area (Å²) in [6.45, 7) is 0. The first-order valence-corrected chi connectivity index (χ1v) is 5.63. The summed E-state index contributed by atoms with van der Waals surface area (Å²) in [5.74, 6) is 0. The first-order valence-electron chi connectivity index (χ1n) is 3.35. The fraction of sp³-hybridized carbons (Fsp3) is 0. The summed E-state index contributed by atoms with van der Waals surface area (Å²) in [5, 5.41) is 9.36. The molecule has 0 saturated heterocycles. The molecule has 0 amide bonds. The molecule has 0 aromatic carbocycles. The molecular formula is C7H3ClIN3S. The Labute approximate surface area is 97.3 Å². The van der Waals surface area contributed by atoms with Crippen LogP contribution in [0.3, 0.4) is 0 Å². The summed E-state index contributed by atoms with van der Waals surface area (Å²) in [4.78, 5) is 3.97. The summed E-state index contributed by atoms with van der Waals surface area (Å²) in [5.41, 5.74) is 0.910. The van der Waals surface area contributed by atoms with Crippen molar-refractivity contribution in [2.24, 2.45) is 0 Å². The smallest absolute Gasteiger partial charge is 0.178 e. The molecule has 0 bridgehead atoms. The molecule has 66 valence electrons. The van der Waals surface area contributed by atoms with Crippen molar-refractivity contribution in [1.29, 1.82) is 0 Å². The van der Waals surface area contributed by atoms with Crippen LogP contribution in [0.4, 0.5) is 0 Å². The second kappa shape index (κ2) is 3.85. The van der Waals surface area contributed by atoms with Gasteiger partial charge in [0.2, 0.25) is 0 Å². The topological polar surface area (TPSA) is 38.7 Å². The largest absolute Gasteiger partial charge is 0.262 e. The summed E-state index contributed by atoms with van der Waals surface area (Å²) in [6.07, 6.45) is 3.32. The molecule has 2 rings (SSSR count). The van der Waals surface area contributed by atoms with Crippen molar-refractivity contribution in [1.82, 2.24) is 15.2 Å². The van der Waals surface area contributed by atoms with Crippen LogP contribution >= 0.6 is 45.5 Å². The molecule has 0 atom stereocenters. The van der Waals surface area contributed by atoms with Crippen molar-refractivity contribution in [3.63, 3.8) is 0 Å². The van der Waals surface area contributed by atoms with Crippen LogP contribution in [0.2, 0.25) is 5.02 Å². The highest BCUT2D eigenvalue weighted by Crippen LogP contribution is 2.25. The molecule has 2 heterocycles. The average Bonchev–Trinajstić information content (AvgIpc) is 2.52. The lowest BCUT2D eigenvalue weighted by Crippen LogP contribution is -1.78. The monoisotopic (exact) mass is 323 g/mol. The Balaban J connectivity index is 2.46. The van der Waals surface area contributed by atoms with E-state index in [2.05, 4.69) is 37.8 Å². The molecule has 0 spiro atoms. The molecule has 0 saturated carbocycles. The van der Waals surface area contributed by atoms with Gasteiger partial charge in [-0.25, -0.2) is 0 Å². The maximum absolute atomic E-state index is 5.79. The Kier molecular flexibility index (Phi) is 2.75. The molecule has 2 aromatic rings. The minimum atomic E-state index is 0.614. The van der Waals surface area contributed by atoms with E-state index in [1.54, 1.807) is 12.4 Å². The third kappa shape index (κ3) is 2.15. The van der Waals surface area contributed by atoms with E-state index >= 15 is 0 Å². The van der Waals surface area contributed by atoms with Gasteiger partial charge < -0.3 is 0 Å². The van der Waals surface area contributed by atoms with Gasteiger partial charge in [0.1, 0.15) is 5.01 Å². The predicted molar refractivity (Wildman–Crippen MR) is 60.9 cm³/mol. The second-order valence-corrected chi connectivity index (χ2v) is 5.42. The lowest BCUT2D eigenvalue weighted by Gasteiger charge is -1.93. The third-order valence-electron chi connectivity index (χ3n) is 1.35. The molecule has 3 nitrogen and oxygen atoms in total. The molecule has 0 aliphatic rings. The third-order valence-corrected chi connectivity index (χ3v) is 3.20. The molecule has 2 aromatic heterocycles. The van der Waals surface area contributed by atoms with Gasteiger partial charge >= 0.3 is 0 Å². The number of halogens is 2. The SMILES string of the molecule is Clc1cncc(-c2nnc(I)s2)c1. The van der Waals surface area contributed by atoms with Crippen LogP contribution < -0.4 is 0 Å². The summed E-state index contributed by atoms with van der Waals surface area (Å²) in [7, 11) is 0. The van der Waals surface area contributed by atoms with Gasteiger partial charge in [0, 0.05) is 18.0 Å². The van der Waals surface area contributed by atoms with Gasteiger partial charge in [-0.05, 0) is 28.7 Å². The molecule has 13 heavy (non-hydrogen) atoms. The average molecular weight is 324 g/mol. The van der Waals surface area contributed by atoms with Gasteiger partial charge in [-0.1, -0.05) is 22.9 Å². The van der Waals surface area contributed by atoms with E-state index in [-0.39, 0.29) is 0 Å². The minimum absolute atomic E-state index is 0.614. The van der Waals surface area contributed by atoms with Crippen LogP contribution in [-0.4, -0.2) is 15.2 Å². The standard InChI is InChI=1S/C7H3ClIN3S/c8-5-1-4(2-10-3-5)6-11-12-7(9)13-6/h1-3H. The van der Waals surface area contributed by atoms with Gasteiger partial charge in [-0.3, -0.25) is 4.98 Å². The number of hydrogen-bond donors (Lipinski definition) is 0. The van der Waals surface area contributed by atoms with Crippen molar-refractivity contribution in [2.75, 3.05) is 0 Å². The first kappa shape index (κ1) is 9.29. The summed E-state index contributed by atoms with van der Waals surface area (Å²) >= 11 is 9.44. The van der Waals surface area contributed by atoms with Gasteiger partial charge in [-0.2, -0.15) is 0 Å². The van der Waals surface area contributed by atoms with Crippen LogP contribution in [0.25, 0.3) is 10.6 Å². The van der Waals surface area contributed by atoms with E-state index in [1.807, 2.05) is 6.07 Å². The number of hydrogen-bond acceptors (Lipinski definition) is 4. The Hall–Kier alpha value is -0.270. The van der Waals surface area contributed by atoms with Crippen molar-refractivity contribution in [3.8, 4) is 10.6 Å². The molecule has 6 heteroatoms. The fourth-order valence-electron chi connectivity index (χ4n) is 0.851. The zero-order chi connectivity index (χ0) is 9.26. The maximum Gasteiger partial charge on any atom is 0.178 e. The quantitative estimate of drug-likeness (QED) is 0.758. The number of pyridine rings is 1. The highest BCUT2D eigenvalue weighted by Gasteiger charge is 2.04. The van der Waals surface area contributed by atoms with Crippen LogP contribution in [0.5, 0.6) is 0 Å². The van der Waals surface area contributed by atoms with Gasteiger partial charge in [-0.15, -0.1) is 10.2 Å². The molecule has 0 fully saturated rings. The van der Waals surface area contributed by atoms with E-state index in [0.29, 0.717) is 5.02 Å². The van der Waals surface area contributed by atoms with Crippen LogP contribution in [0.1, 0.15) is 0 Å². The minimum Gasteiger partial charge on any atom is -0.262 e. The fourth-order valence-corrected chi connectivity index (χ4v) is 2.31. The lowest BCUT2D eigenvalue weighted by molar-refractivity contribution is 1.07. The van der Waals surface area contributed by atoms with E-state index in [1.165, 1.54) is 11.3 Å². The Morgan fingerprint density at radius 2 is 2.15 bits per heavy atom. The normalized spacial score (nSPS) is 10.3. The van der Waals surface area contributed by atoms with Crippen molar-refractivity contribution in [2.45, 2.75) is 0 Å². The van der Waals surface area contributed by atoms with E-state index in [9.17, 15) is 0 Å². The van der Waals surface area contributed by atoms with Crippen molar-refractivity contribution >= 4 is 45.5 Å². The zero-order valence-electron chi connectivity index (χ0n) is 6.24. The summed E-state index contributed by atoms with van der Waals surface area (Å²) < 4.78 is 0.910. The lowest BCUT2D eigenvalue weighted by atomic mass is 10.3. The molecule has 0 N–H and O–H groups in total. The highest BCUT2D eigenvalue weighted by atomic mass is 127. The summed E-state index contributed by atoms with van der Waals surface area (Å²) in [6, 6.07) is 1.82. The highest BCUT2D eigenvalue weighted by molar-refractivity contribution is 14.1. The van der Waals surface area contributed by atoms with Gasteiger partial charge in [0.05, 0.1) is 5.02 Å². The van der Waals surface area contributed by atoms with Crippen molar-refractivity contribution in [3.05, 3.63) is 26.5 Å². The van der Waals surface area contributed by atoms with E-state index in [4.69, 9.17) is 11.6 Å². The Morgan fingerprint density at radius 3 is 2.77 bits per heavy atom. The van der Waals surface area contributed by atoms with Crippen LogP contribution in [0, 0.1) is 3.01 Å². The van der Waals surface area contributed by atoms with Crippen LogP contribution in [0.15, 0.2) is 18.5 Å². The zero-order valence-corrected chi connectivity index (χ0v) is 9.97. The number of rotatable bonds is 1. The molecule has 0 aliphatic heterocycles. The second-order valence-electron chi connectivity index (χ2n) is 2.25. The van der Waals surface area contributed by atoms with Gasteiger partial charge in [0.25, 0.3) is 0 Å². The Bertz CT molecular complexity index is 431. The van der Waals surface area contributed by atoms with E-state index in [0.717, 1.165) is 13.6 Å². The number of aromatic nitrogens is 3. The Morgan fingerprint density at radius 1 is 1.31 bits per heavy atom. The van der Waals surface area contributed by atoms with E-state index < -0.39 is 0 Å². The van der Waals surface area contributed by atoms with Gasteiger partial charge in [0.15, 0.2) is 3.01 Å². The molecule has 0 radical (unpaired) electrons. The molecule has 0 unspecified atom stereocenters. The molecular weight excluding hydrogens is 321 g/mol. The molecule has 0 aliphatic carbocycles. The van der Waals surface area contributed by atoms with Crippen molar-refractivity contribution < 1.29 is 0 Å². The predicted octanol–water partition coefficient (Wildman–Crippen LogP) is 2.86. The number of nitrogens with zero attached hydrogens (tertiary/aromatic N) is 3. The van der Waals surface area contributed by atoms with Crippen LogP contribution in [-0.2, 0) is 0 Å².